The van der Waals surface area contributed by atoms with Crippen molar-refractivity contribution >= 4 is 28.3 Å². The quantitative estimate of drug-likeness (QED) is 0.481. The first-order chi connectivity index (χ1) is 16.9. The number of hydrogen-bond donors (Lipinski definition) is 2. The molecule has 0 bridgehead atoms. The van der Waals surface area contributed by atoms with Gasteiger partial charge in [-0.05, 0) is 75.0 Å². The van der Waals surface area contributed by atoms with Crippen molar-refractivity contribution in [1.82, 2.24) is 15.2 Å². The largest absolute Gasteiger partial charge is 0.356 e. The minimum absolute atomic E-state index is 0.00657. The second-order valence-electron chi connectivity index (χ2n) is 9.07. The number of anilines is 1. The summed E-state index contributed by atoms with van der Waals surface area (Å²) in [5, 5.41) is 8.38. The van der Waals surface area contributed by atoms with Crippen LogP contribution in [0, 0.1) is 25.6 Å². The average molecular weight is 495 g/mol. The number of likely N-dealkylation sites (tertiary alicyclic amines) is 1. The zero-order valence-corrected chi connectivity index (χ0v) is 21.0. The topological polar surface area (TPSA) is 74.3 Å². The molecule has 1 aliphatic rings. The van der Waals surface area contributed by atoms with Crippen LogP contribution >= 0.6 is 11.3 Å². The van der Waals surface area contributed by atoms with E-state index in [2.05, 4.69) is 46.5 Å². The van der Waals surface area contributed by atoms with Crippen LogP contribution < -0.4 is 10.6 Å². The van der Waals surface area contributed by atoms with Crippen LogP contribution in [0.5, 0.6) is 0 Å². The van der Waals surface area contributed by atoms with Crippen LogP contribution in [0.2, 0.25) is 0 Å². The number of aryl methyl sites for hydroxylation is 2. The van der Waals surface area contributed by atoms with Crippen LogP contribution in [0.1, 0.15) is 29.5 Å². The Bertz CT molecular complexity index is 1190. The molecule has 1 saturated heterocycles. The van der Waals surface area contributed by atoms with Gasteiger partial charge in [-0.25, -0.2) is 9.37 Å². The maximum Gasteiger partial charge on any atom is 0.240 e. The van der Waals surface area contributed by atoms with Crippen LogP contribution in [0.3, 0.4) is 0 Å². The van der Waals surface area contributed by atoms with Crippen LogP contribution in [0.25, 0.3) is 11.3 Å². The molecule has 1 aliphatic heterocycles. The van der Waals surface area contributed by atoms with Gasteiger partial charge >= 0.3 is 0 Å². The summed E-state index contributed by atoms with van der Waals surface area (Å²) < 4.78 is 13.7. The molecule has 0 radical (unpaired) electrons. The van der Waals surface area contributed by atoms with Gasteiger partial charge in [-0.1, -0.05) is 30.3 Å². The van der Waals surface area contributed by atoms with Crippen molar-refractivity contribution in [2.75, 3.05) is 31.5 Å². The molecule has 3 aromatic rings. The standard InChI is InChI=1S/C27H31FN4O2S/c1-18-7-8-22(15-19(18)2)24-17-35-27(30-24)31-25(33)16-32-13-10-21(11-14-32)26(34)29-12-9-20-5-3-4-6-23(20)28/h3-8,15,17,21H,9-14,16H2,1-2H3,(H,29,34)(H,30,31,33). The predicted octanol–water partition coefficient (Wildman–Crippen LogP) is 4.58. The zero-order valence-electron chi connectivity index (χ0n) is 20.1. The number of aromatic nitrogens is 1. The summed E-state index contributed by atoms with van der Waals surface area (Å²) in [7, 11) is 0. The molecule has 184 valence electrons. The van der Waals surface area contributed by atoms with E-state index in [9.17, 15) is 14.0 Å². The smallest absolute Gasteiger partial charge is 0.240 e. The molecule has 1 fully saturated rings. The van der Waals surface area contributed by atoms with E-state index in [0.29, 0.717) is 49.6 Å². The summed E-state index contributed by atoms with van der Waals surface area (Å²) in [5.74, 6) is -0.409. The van der Waals surface area contributed by atoms with Gasteiger partial charge in [0, 0.05) is 23.4 Å². The van der Waals surface area contributed by atoms with Crippen LogP contribution in [-0.4, -0.2) is 47.9 Å². The fourth-order valence-corrected chi connectivity index (χ4v) is 4.98. The molecule has 4 rings (SSSR count). The number of piperidine rings is 1. The molecule has 35 heavy (non-hydrogen) atoms. The molecule has 0 aliphatic carbocycles. The van der Waals surface area contributed by atoms with Crippen molar-refractivity contribution in [3.05, 3.63) is 70.4 Å². The summed E-state index contributed by atoms with van der Waals surface area (Å²) >= 11 is 1.42. The Labute approximate surface area is 209 Å². The number of rotatable bonds is 8. The molecule has 8 heteroatoms. The SMILES string of the molecule is Cc1ccc(-c2csc(NC(=O)CN3CCC(C(=O)NCCc4ccccc4F)CC3)n2)cc1C. The maximum absolute atomic E-state index is 13.7. The van der Waals surface area contributed by atoms with Gasteiger partial charge in [0.25, 0.3) is 0 Å². The van der Waals surface area contributed by atoms with Gasteiger partial charge in [-0.15, -0.1) is 11.3 Å². The molecule has 2 aromatic carbocycles. The van der Waals surface area contributed by atoms with Gasteiger partial charge in [0.2, 0.25) is 11.8 Å². The molecule has 1 aromatic heterocycles. The van der Waals surface area contributed by atoms with Crippen LogP contribution in [0.4, 0.5) is 9.52 Å². The molecular weight excluding hydrogens is 463 g/mol. The molecule has 2 amide bonds. The van der Waals surface area contributed by atoms with E-state index in [4.69, 9.17) is 0 Å². The predicted molar refractivity (Wildman–Crippen MR) is 138 cm³/mol. The lowest BCUT2D eigenvalue weighted by Crippen LogP contribution is -2.43. The highest BCUT2D eigenvalue weighted by molar-refractivity contribution is 7.14. The normalized spacial score (nSPS) is 14.6. The van der Waals surface area contributed by atoms with Crippen LogP contribution in [0.15, 0.2) is 47.8 Å². The number of hydrogen-bond acceptors (Lipinski definition) is 5. The number of carbonyl (C=O) groups excluding carboxylic acids is 2. The second-order valence-corrected chi connectivity index (χ2v) is 9.93. The Balaban J connectivity index is 1.19. The average Bonchev–Trinajstić information content (AvgIpc) is 3.30. The van der Waals surface area contributed by atoms with Crippen molar-refractivity contribution in [2.45, 2.75) is 33.1 Å². The lowest BCUT2D eigenvalue weighted by Gasteiger charge is -2.30. The Morgan fingerprint density at radius 3 is 2.63 bits per heavy atom. The third-order valence-electron chi connectivity index (χ3n) is 6.53. The van der Waals surface area contributed by atoms with E-state index in [1.165, 1.54) is 28.5 Å². The molecule has 6 nitrogen and oxygen atoms in total. The van der Waals surface area contributed by atoms with Gasteiger partial charge < -0.3 is 10.6 Å². The first-order valence-corrected chi connectivity index (χ1v) is 12.8. The van der Waals surface area contributed by atoms with Gasteiger partial charge in [0.1, 0.15) is 5.82 Å². The van der Waals surface area contributed by atoms with Gasteiger partial charge in [0.05, 0.1) is 12.2 Å². The number of nitrogens with one attached hydrogen (secondary N) is 2. The molecule has 0 spiro atoms. The molecular formula is C27H31FN4O2S. The van der Waals surface area contributed by atoms with Crippen LogP contribution in [-0.2, 0) is 16.0 Å². The number of carbonyl (C=O) groups is 2. The number of benzene rings is 2. The minimum atomic E-state index is -0.243. The van der Waals surface area contributed by atoms with Crippen molar-refractivity contribution in [3.8, 4) is 11.3 Å². The summed E-state index contributed by atoms with van der Waals surface area (Å²) in [6.07, 6.45) is 1.87. The molecule has 0 atom stereocenters. The minimum Gasteiger partial charge on any atom is -0.356 e. The van der Waals surface area contributed by atoms with Gasteiger partial charge in [0.15, 0.2) is 5.13 Å². The molecule has 0 unspecified atom stereocenters. The fourth-order valence-electron chi connectivity index (χ4n) is 4.25. The van der Waals surface area contributed by atoms with Gasteiger partial charge in [-0.3, -0.25) is 14.5 Å². The summed E-state index contributed by atoms with van der Waals surface area (Å²) in [6.45, 7) is 6.22. The van der Waals surface area contributed by atoms with Crippen molar-refractivity contribution in [1.29, 1.82) is 0 Å². The summed E-state index contributed by atoms with van der Waals surface area (Å²) in [6, 6.07) is 12.9. The van der Waals surface area contributed by atoms with E-state index in [-0.39, 0.29) is 30.1 Å². The Morgan fingerprint density at radius 2 is 1.89 bits per heavy atom. The van der Waals surface area contributed by atoms with Gasteiger partial charge in [-0.2, -0.15) is 0 Å². The van der Waals surface area contributed by atoms with E-state index < -0.39 is 0 Å². The van der Waals surface area contributed by atoms with E-state index in [1.807, 2.05) is 11.4 Å². The number of halogens is 1. The summed E-state index contributed by atoms with van der Waals surface area (Å²) in [4.78, 5) is 31.7. The highest BCUT2D eigenvalue weighted by Gasteiger charge is 2.26. The Hall–Kier alpha value is -3.10. The lowest BCUT2D eigenvalue weighted by molar-refractivity contribution is -0.126. The Kier molecular flexibility index (Phi) is 8.25. The monoisotopic (exact) mass is 494 g/mol. The van der Waals surface area contributed by atoms with Crippen molar-refractivity contribution < 1.29 is 14.0 Å². The molecule has 0 saturated carbocycles. The van der Waals surface area contributed by atoms with E-state index in [1.54, 1.807) is 18.2 Å². The Morgan fingerprint density at radius 1 is 1.11 bits per heavy atom. The fraction of sp³-hybridized carbons (Fsp3) is 0.370. The summed E-state index contributed by atoms with van der Waals surface area (Å²) in [5.41, 5.74) is 4.95. The molecule has 2 heterocycles. The second kappa shape index (κ2) is 11.6. The molecule has 2 N–H and O–H groups in total. The maximum atomic E-state index is 13.7. The van der Waals surface area contributed by atoms with Crippen molar-refractivity contribution in [3.63, 3.8) is 0 Å². The third kappa shape index (κ3) is 6.74. The number of thiazole rings is 1. The lowest BCUT2D eigenvalue weighted by atomic mass is 9.96. The first-order valence-electron chi connectivity index (χ1n) is 12.0. The van der Waals surface area contributed by atoms with Crippen molar-refractivity contribution in [2.24, 2.45) is 5.92 Å². The number of nitrogens with zero attached hydrogens (tertiary/aromatic N) is 2. The highest BCUT2D eigenvalue weighted by Crippen LogP contribution is 2.26. The zero-order chi connectivity index (χ0) is 24.8. The van der Waals surface area contributed by atoms with E-state index >= 15 is 0 Å². The number of amides is 2. The van der Waals surface area contributed by atoms with E-state index in [0.717, 1.165) is 11.3 Å². The third-order valence-corrected chi connectivity index (χ3v) is 7.29. The highest BCUT2D eigenvalue weighted by atomic mass is 32.1. The first kappa shape index (κ1) is 25.0.